The fourth-order valence-electron chi connectivity index (χ4n) is 1.78. The van der Waals surface area contributed by atoms with Crippen molar-refractivity contribution in [2.75, 3.05) is 5.32 Å². The van der Waals surface area contributed by atoms with Crippen LogP contribution >= 0.6 is 11.8 Å². The van der Waals surface area contributed by atoms with Crippen LogP contribution in [-0.4, -0.2) is 4.98 Å². The summed E-state index contributed by atoms with van der Waals surface area (Å²) >= 11 is 1.79. The van der Waals surface area contributed by atoms with Gasteiger partial charge in [0.15, 0.2) is 0 Å². The molecule has 0 unspecified atom stereocenters. The minimum absolute atomic E-state index is 0.965. The van der Waals surface area contributed by atoms with E-state index in [-0.39, 0.29) is 0 Å². The first-order valence-corrected chi connectivity index (χ1v) is 6.06. The molecule has 1 aliphatic heterocycles. The van der Waals surface area contributed by atoms with Gasteiger partial charge in [-0.05, 0) is 43.2 Å². The van der Waals surface area contributed by atoms with Crippen molar-refractivity contribution < 1.29 is 0 Å². The van der Waals surface area contributed by atoms with E-state index in [1.54, 1.807) is 11.8 Å². The largest absolute Gasteiger partial charge is 0.338 e. The molecule has 0 aliphatic carbocycles. The Bertz CT molecular complexity index is 514. The van der Waals surface area contributed by atoms with E-state index in [9.17, 15) is 0 Å². The van der Waals surface area contributed by atoms with Gasteiger partial charge in [-0.1, -0.05) is 17.8 Å². The molecule has 80 valence electrons. The van der Waals surface area contributed by atoms with Gasteiger partial charge < -0.3 is 5.32 Å². The van der Waals surface area contributed by atoms with E-state index in [4.69, 9.17) is 0 Å². The van der Waals surface area contributed by atoms with Crippen LogP contribution < -0.4 is 5.32 Å². The van der Waals surface area contributed by atoms with Gasteiger partial charge in [0.1, 0.15) is 5.82 Å². The molecule has 0 saturated carbocycles. The molecule has 0 amide bonds. The fraction of sp³-hybridized carbons (Fsp3) is 0.154. The average Bonchev–Trinajstić information content (AvgIpc) is 2.26. The molecule has 0 atom stereocenters. The van der Waals surface area contributed by atoms with Crippen molar-refractivity contribution in [1.82, 2.24) is 4.98 Å². The maximum atomic E-state index is 4.41. The molecular formula is C13H12N2S. The molecule has 2 aromatic rings. The Morgan fingerprint density at radius 1 is 1.06 bits per heavy atom. The quantitative estimate of drug-likeness (QED) is 0.631. The lowest BCUT2D eigenvalue weighted by Crippen LogP contribution is -2.02. The number of aromatic nitrogens is 1. The third-order valence-electron chi connectivity index (χ3n) is 2.60. The highest BCUT2D eigenvalue weighted by Gasteiger charge is 2.16. The second-order valence-electron chi connectivity index (χ2n) is 4.09. The molecule has 3 rings (SSSR count). The summed E-state index contributed by atoms with van der Waals surface area (Å²) in [5.74, 6) is 0.965. The zero-order valence-electron chi connectivity index (χ0n) is 9.24. The van der Waals surface area contributed by atoms with Gasteiger partial charge in [0.05, 0.1) is 10.6 Å². The molecule has 0 fully saturated rings. The van der Waals surface area contributed by atoms with Crippen LogP contribution in [0.3, 0.4) is 0 Å². The van der Waals surface area contributed by atoms with Crippen molar-refractivity contribution >= 4 is 23.3 Å². The molecule has 0 spiro atoms. The summed E-state index contributed by atoms with van der Waals surface area (Å²) in [4.78, 5) is 6.89. The molecule has 0 bridgehead atoms. The first-order valence-electron chi connectivity index (χ1n) is 5.24. The van der Waals surface area contributed by atoms with Gasteiger partial charge in [-0.25, -0.2) is 4.98 Å². The van der Waals surface area contributed by atoms with Crippen LogP contribution in [0.25, 0.3) is 0 Å². The normalized spacial score (nSPS) is 12.6. The summed E-state index contributed by atoms with van der Waals surface area (Å²) in [6.45, 7) is 4.18. The highest BCUT2D eigenvalue weighted by atomic mass is 32.2. The van der Waals surface area contributed by atoms with Gasteiger partial charge >= 0.3 is 0 Å². The summed E-state index contributed by atoms with van der Waals surface area (Å²) < 4.78 is 0. The lowest BCUT2D eigenvalue weighted by atomic mass is 10.2. The number of pyridine rings is 1. The van der Waals surface area contributed by atoms with Crippen molar-refractivity contribution in [2.45, 2.75) is 23.6 Å². The average molecular weight is 228 g/mol. The third-order valence-corrected chi connectivity index (χ3v) is 3.69. The number of aryl methyl sites for hydroxylation is 2. The Kier molecular flexibility index (Phi) is 2.14. The Hall–Kier alpha value is -1.48. The van der Waals surface area contributed by atoms with Crippen molar-refractivity contribution in [2.24, 2.45) is 0 Å². The van der Waals surface area contributed by atoms with Crippen molar-refractivity contribution in [3.63, 3.8) is 0 Å². The predicted octanol–water partition coefficient (Wildman–Crippen LogP) is 3.91. The summed E-state index contributed by atoms with van der Waals surface area (Å²) in [5, 5.41) is 3.36. The second-order valence-corrected chi connectivity index (χ2v) is 5.17. The molecular weight excluding hydrogens is 216 g/mol. The molecule has 16 heavy (non-hydrogen) atoms. The monoisotopic (exact) mass is 228 g/mol. The van der Waals surface area contributed by atoms with Gasteiger partial charge in [0, 0.05) is 11.1 Å². The Labute approximate surface area is 99.1 Å². The highest BCUT2D eigenvalue weighted by molar-refractivity contribution is 7.99. The molecule has 1 aromatic heterocycles. The van der Waals surface area contributed by atoms with Gasteiger partial charge in [-0.2, -0.15) is 0 Å². The second kappa shape index (κ2) is 3.52. The Morgan fingerprint density at radius 3 is 2.75 bits per heavy atom. The molecule has 2 nitrogen and oxygen atoms in total. The number of fused-ring (bicyclic) bond motifs is 2. The third kappa shape index (κ3) is 1.57. The van der Waals surface area contributed by atoms with Gasteiger partial charge in [0.2, 0.25) is 0 Å². The summed E-state index contributed by atoms with van der Waals surface area (Å²) in [6, 6.07) is 8.61. The molecule has 1 aromatic carbocycles. The first-order chi connectivity index (χ1) is 7.72. The number of anilines is 2. The van der Waals surface area contributed by atoms with E-state index in [1.807, 2.05) is 6.20 Å². The minimum atomic E-state index is 0.965. The van der Waals surface area contributed by atoms with Crippen LogP contribution in [0, 0.1) is 13.8 Å². The Morgan fingerprint density at radius 2 is 1.88 bits per heavy atom. The van der Waals surface area contributed by atoms with E-state index in [0.29, 0.717) is 0 Å². The van der Waals surface area contributed by atoms with Crippen LogP contribution in [0.5, 0.6) is 0 Å². The number of hydrogen-bond donors (Lipinski definition) is 1. The van der Waals surface area contributed by atoms with Crippen molar-refractivity contribution in [3.05, 3.63) is 41.6 Å². The molecule has 2 heterocycles. The number of hydrogen-bond acceptors (Lipinski definition) is 3. The predicted molar refractivity (Wildman–Crippen MR) is 67.6 cm³/mol. The Balaban J connectivity index is 2.10. The summed E-state index contributed by atoms with van der Waals surface area (Å²) in [7, 11) is 0. The first kappa shape index (κ1) is 9.73. The SMILES string of the molecule is Cc1ccc2c(c1)Sc1cc(C)cnc1N2. The summed E-state index contributed by atoms with van der Waals surface area (Å²) in [6.07, 6.45) is 1.89. The zero-order chi connectivity index (χ0) is 11.1. The van der Waals surface area contributed by atoms with Gasteiger partial charge in [-0.3, -0.25) is 0 Å². The standard InChI is InChI=1S/C13H12N2S/c1-8-3-4-10-11(5-8)16-12-6-9(2)7-14-13(12)15-10/h3-7H,1-2H3,(H,14,15). The van der Waals surface area contributed by atoms with E-state index in [2.05, 4.69) is 48.4 Å². The van der Waals surface area contributed by atoms with Gasteiger partial charge in [0.25, 0.3) is 0 Å². The number of nitrogens with zero attached hydrogens (tertiary/aromatic N) is 1. The minimum Gasteiger partial charge on any atom is -0.338 e. The van der Waals surface area contributed by atoms with E-state index in [0.717, 1.165) is 11.5 Å². The fourth-order valence-corrected chi connectivity index (χ4v) is 2.93. The maximum absolute atomic E-state index is 4.41. The molecule has 3 heteroatoms. The molecule has 0 radical (unpaired) electrons. The van der Waals surface area contributed by atoms with Crippen molar-refractivity contribution in [1.29, 1.82) is 0 Å². The van der Waals surface area contributed by atoms with Crippen molar-refractivity contribution in [3.8, 4) is 0 Å². The lowest BCUT2D eigenvalue weighted by Gasteiger charge is -2.20. The zero-order valence-corrected chi connectivity index (χ0v) is 10.1. The van der Waals surface area contributed by atoms with Crippen LogP contribution in [0.2, 0.25) is 0 Å². The summed E-state index contributed by atoms with van der Waals surface area (Å²) in [5.41, 5.74) is 3.64. The van der Waals surface area contributed by atoms with Gasteiger partial charge in [-0.15, -0.1) is 0 Å². The van der Waals surface area contributed by atoms with E-state index in [1.165, 1.54) is 20.9 Å². The maximum Gasteiger partial charge on any atom is 0.144 e. The topological polar surface area (TPSA) is 24.9 Å². The highest BCUT2D eigenvalue weighted by Crippen LogP contribution is 2.43. The van der Waals surface area contributed by atoms with Crippen LogP contribution in [0.1, 0.15) is 11.1 Å². The molecule has 0 saturated heterocycles. The van der Waals surface area contributed by atoms with Crippen LogP contribution in [0.4, 0.5) is 11.5 Å². The smallest absolute Gasteiger partial charge is 0.144 e. The number of nitrogens with one attached hydrogen (secondary N) is 1. The van der Waals surface area contributed by atoms with Crippen LogP contribution in [-0.2, 0) is 0 Å². The number of rotatable bonds is 0. The van der Waals surface area contributed by atoms with E-state index >= 15 is 0 Å². The van der Waals surface area contributed by atoms with E-state index < -0.39 is 0 Å². The van der Waals surface area contributed by atoms with Crippen LogP contribution in [0.15, 0.2) is 40.3 Å². The number of benzene rings is 1. The lowest BCUT2D eigenvalue weighted by molar-refractivity contribution is 1.16. The molecule has 1 N–H and O–H groups in total. The molecule has 1 aliphatic rings.